The predicted octanol–water partition coefficient (Wildman–Crippen LogP) is 3.43. The first-order valence-corrected chi connectivity index (χ1v) is 7.82. The Bertz CT molecular complexity index is 662. The molecular weight excluding hydrogens is 262 g/mol. The summed E-state index contributed by atoms with van der Waals surface area (Å²) in [5, 5.41) is 9.02. The van der Waals surface area contributed by atoms with Gasteiger partial charge in [-0.2, -0.15) is 5.26 Å². The molecule has 0 radical (unpaired) electrons. The molecule has 21 heavy (non-hydrogen) atoms. The monoisotopic (exact) mass is 283 g/mol. The third-order valence-corrected chi connectivity index (χ3v) is 4.12. The van der Waals surface area contributed by atoms with Gasteiger partial charge >= 0.3 is 0 Å². The average molecular weight is 283 g/mol. The zero-order valence-electron chi connectivity index (χ0n) is 12.5. The van der Waals surface area contributed by atoms with Crippen molar-refractivity contribution in [3.8, 4) is 6.07 Å². The lowest BCUT2D eigenvalue weighted by molar-refractivity contribution is 0.104. The molecule has 0 spiro atoms. The van der Waals surface area contributed by atoms with Gasteiger partial charge in [-0.3, -0.25) is 0 Å². The van der Waals surface area contributed by atoms with Crippen LogP contribution in [0.5, 0.6) is 0 Å². The molecule has 1 aromatic heterocycles. The Hall–Kier alpha value is -1.86. The second-order valence-corrected chi connectivity index (χ2v) is 5.67. The number of nitriles is 1. The highest BCUT2D eigenvalue weighted by molar-refractivity contribution is 5.77. The molecule has 2 aromatic rings. The Morgan fingerprint density at radius 3 is 3.10 bits per heavy atom. The molecule has 1 saturated heterocycles. The molecule has 110 valence electrons. The van der Waals surface area contributed by atoms with Crippen molar-refractivity contribution in [3.05, 3.63) is 29.6 Å². The molecule has 3 rings (SSSR count). The van der Waals surface area contributed by atoms with E-state index in [0.29, 0.717) is 11.7 Å². The van der Waals surface area contributed by atoms with E-state index in [-0.39, 0.29) is 0 Å². The lowest BCUT2D eigenvalue weighted by Gasteiger charge is -2.11. The van der Waals surface area contributed by atoms with E-state index in [0.717, 1.165) is 49.3 Å². The first kappa shape index (κ1) is 14.1. The van der Waals surface area contributed by atoms with E-state index >= 15 is 0 Å². The average Bonchev–Trinajstić information content (AvgIpc) is 3.13. The third-order valence-electron chi connectivity index (χ3n) is 4.12. The first-order chi connectivity index (χ1) is 10.3. The van der Waals surface area contributed by atoms with Gasteiger partial charge in [0.25, 0.3) is 0 Å². The minimum absolute atomic E-state index is 0.398. The standard InChI is InChI=1S/C17H21N3O/c1-2-9-20-16-7-5-13(12-18)11-15(16)19-17(20)8-6-14-4-3-10-21-14/h5,7,11,14H,2-4,6,8-10H2,1H3. The number of aromatic nitrogens is 2. The van der Waals surface area contributed by atoms with Crippen LogP contribution in [0.1, 0.15) is 44.0 Å². The van der Waals surface area contributed by atoms with Crippen molar-refractivity contribution in [1.82, 2.24) is 9.55 Å². The van der Waals surface area contributed by atoms with Crippen molar-refractivity contribution in [3.63, 3.8) is 0 Å². The molecule has 0 saturated carbocycles. The van der Waals surface area contributed by atoms with Crippen molar-refractivity contribution in [2.75, 3.05) is 6.61 Å². The number of fused-ring (bicyclic) bond motifs is 1. The van der Waals surface area contributed by atoms with Gasteiger partial charge in [-0.05, 0) is 43.9 Å². The van der Waals surface area contributed by atoms with Crippen molar-refractivity contribution in [2.45, 2.75) is 51.7 Å². The van der Waals surface area contributed by atoms with Gasteiger partial charge < -0.3 is 9.30 Å². The molecule has 4 nitrogen and oxygen atoms in total. The fraction of sp³-hybridized carbons (Fsp3) is 0.529. The van der Waals surface area contributed by atoms with E-state index in [1.54, 1.807) is 0 Å². The fourth-order valence-corrected chi connectivity index (χ4v) is 3.08. The van der Waals surface area contributed by atoms with Crippen LogP contribution < -0.4 is 0 Å². The number of hydrogen-bond acceptors (Lipinski definition) is 3. The van der Waals surface area contributed by atoms with Crippen molar-refractivity contribution < 1.29 is 4.74 Å². The summed E-state index contributed by atoms with van der Waals surface area (Å²) in [5.41, 5.74) is 2.75. The van der Waals surface area contributed by atoms with Gasteiger partial charge in [-0.15, -0.1) is 0 Å². The lowest BCUT2D eigenvalue weighted by Crippen LogP contribution is -2.10. The van der Waals surface area contributed by atoms with Crippen molar-refractivity contribution >= 4 is 11.0 Å². The highest BCUT2D eigenvalue weighted by Crippen LogP contribution is 2.22. The number of rotatable bonds is 5. The van der Waals surface area contributed by atoms with E-state index in [1.807, 2.05) is 18.2 Å². The third kappa shape index (κ3) is 2.93. The molecule has 1 aliphatic rings. The Kier molecular flexibility index (Phi) is 4.21. The zero-order valence-corrected chi connectivity index (χ0v) is 12.5. The van der Waals surface area contributed by atoms with Crippen LogP contribution in [-0.2, 0) is 17.7 Å². The van der Waals surface area contributed by atoms with Crippen molar-refractivity contribution in [2.24, 2.45) is 0 Å². The topological polar surface area (TPSA) is 50.8 Å². The number of benzene rings is 1. The van der Waals surface area contributed by atoms with Crippen LogP contribution in [0.2, 0.25) is 0 Å². The number of hydrogen-bond donors (Lipinski definition) is 0. The minimum atomic E-state index is 0.398. The lowest BCUT2D eigenvalue weighted by atomic mass is 10.1. The van der Waals surface area contributed by atoms with Crippen LogP contribution in [0.3, 0.4) is 0 Å². The quantitative estimate of drug-likeness (QED) is 0.844. The molecule has 0 bridgehead atoms. The van der Waals surface area contributed by atoms with Gasteiger partial charge in [-0.1, -0.05) is 6.92 Å². The summed E-state index contributed by atoms with van der Waals surface area (Å²) >= 11 is 0. The molecule has 1 atom stereocenters. The maximum absolute atomic E-state index is 9.02. The fourth-order valence-electron chi connectivity index (χ4n) is 3.08. The highest BCUT2D eigenvalue weighted by Gasteiger charge is 2.17. The summed E-state index contributed by atoms with van der Waals surface area (Å²) in [6, 6.07) is 7.97. The zero-order chi connectivity index (χ0) is 14.7. The maximum atomic E-state index is 9.02. The van der Waals surface area contributed by atoms with E-state index < -0.39 is 0 Å². The smallest absolute Gasteiger partial charge is 0.109 e. The summed E-state index contributed by atoms with van der Waals surface area (Å²) in [6.45, 7) is 4.06. The summed E-state index contributed by atoms with van der Waals surface area (Å²) in [4.78, 5) is 4.76. The highest BCUT2D eigenvalue weighted by atomic mass is 16.5. The molecular formula is C17H21N3O. The van der Waals surface area contributed by atoms with Gasteiger partial charge in [-0.25, -0.2) is 4.98 Å². The van der Waals surface area contributed by atoms with E-state index in [2.05, 4.69) is 17.6 Å². The van der Waals surface area contributed by atoms with Gasteiger partial charge in [0.15, 0.2) is 0 Å². The first-order valence-electron chi connectivity index (χ1n) is 7.82. The molecule has 1 unspecified atom stereocenters. The summed E-state index contributed by atoms with van der Waals surface area (Å²) in [6.07, 6.45) is 5.82. The van der Waals surface area contributed by atoms with E-state index in [1.165, 1.54) is 12.8 Å². The molecule has 2 heterocycles. The van der Waals surface area contributed by atoms with Crippen LogP contribution in [0.25, 0.3) is 11.0 Å². The number of imidazole rings is 1. The van der Waals surface area contributed by atoms with Gasteiger partial charge in [0.2, 0.25) is 0 Å². The Balaban J connectivity index is 1.88. The number of ether oxygens (including phenoxy) is 1. The second kappa shape index (κ2) is 6.28. The summed E-state index contributed by atoms with van der Waals surface area (Å²) in [5.74, 6) is 1.12. The predicted molar refractivity (Wildman–Crippen MR) is 82.0 cm³/mol. The van der Waals surface area contributed by atoms with Gasteiger partial charge in [0.1, 0.15) is 5.82 Å². The van der Waals surface area contributed by atoms with Gasteiger partial charge in [0.05, 0.1) is 28.8 Å². The Morgan fingerprint density at radius 2 is 2.38 bits per heavy atom. The van der Waals surface area contributed by atoms with Crippen LogP contribution in [0, 0.1) is 11.3 Å². The van der Waals surface area contributed by atoms with Crippen LogP contribution in [-0.4, -0.2) is 22.3 Å². The van der Waals surface area contributed by atoms with Crippen LogP contribution in [0.4, 0.5) is 0 Å². The molecule has 1 fully saturated rings. The number of nitrogens with zero attached hydrogens (tertiary/aromatic N) is 3. The largest absolute Gasteiger partial charge is 0.378 e. The van der Waals surface area contributed by atoms with Gasteiger partial charge in [0, 0.05) is 19.6 Å². The molecule has 0 N–H and O–H groups in total. The van der Waals surface area contributed by atoms with Crippen molar-refractivity contribution in [1.29, 1.82) is 5.26 Å². The Morgan fingerprint density at radius 1 is 1.48 bits per heavy atom. The second-order valence-electron chi connectivity index (χ2n) is 5.67. The maximum Gasteiger partial charge on any atom is 0.109 e. The molecule has 0 aliphatic carbocycles. The molecule has 1 aromatic carbocycles. The molecule has 1 aliphatic heterocycles. The summed E-state index contributed by atoms with van der Waals surface area (Å²) in [7, 11) is 0. The van der Waals surface area contributed by atoms with Crippen LogP contribution in [0.15, 0.2) is 18.2 Å². The van der Waals surface area contributed by atoms with E-state index in [9.17, 15) is 0 Å². The van der Waals surface area contributed by atoms with Crippen LogP contribution >= 0.6 is 0 Å². The number of aryl methyl sites for hydroxylation is 2. The molecule has 0 amide bonds. The minimum Gasteiger partial charge on any atom is -0.378 e. The Labute approximate surface area is 125 Å². The normalized spacial score (nSPS) is 18.2. The van der Waals surface area contributed by atoms with E-state index in [4.69, 9.17) is 15.0 Å². The molecule has 4 heteroatoms. The SMILES string of the molecule is CCCn1c(CCC2CCCO2)nc2cc(C#N)ccc21. The summed E-state index contributed by atoms with van der Waals surface area (Å²) < 4.78 is 8.00.